The fourth-order valence-corrected chi connectivity index (χ4v) is 4.22. The van der Waals surface area contributed by atoms with Crippen LogP contribution in [0.4, 0.5) is 0 Å². The van der Waals surface area contributed by atoms with Crippen molar-refractivity contribution in [3.05, 3.63) is 35.9 Å². The fraction of sp³-hybridized carbons (Fsp3) is 0.600. The highest BCUT2D eigenvalue weighted by molar-refractivity contribution is 7.47. The summed E-state index contributed by atoms with van der Waals surface area (Å²) in [6.07, 6.45) is 3.44. The Morgan fingerprint density at radius 3 is 2.40 bits per heavy atom. The van der Waals surface area contributed by atoms with Crippen molar-refractivity contribution in [3.8, 4) is 0 Å². The molecule has 0 radical (unpaired) electrons. The summed E-state index contributed by atoms with van der Waals surface area (Å²) in [7, 11) is -3.94. The van der Waals surface area contributed by atoms with Crippen LogP contribution >= 0.6 is 7.82 Å². The second-order valence-electron chi connectivity index (χ2n) is 5.50. The molecule has 112 valence electrons. The van der Waals surface area contributed by atoms with Crippen LogP contribution in [0.15, 0.2) is 30.3 Å². The topological polar surface area (TPSA) is 55.8 Å². The summed E-state index contributed by atoms with van der Waals surface area (Å²) >= 11 is 0. The molecule has 1 N–H and O–H groups in total. The zero-order valence-corrected chi connectivity index (χ0v) is 13.0. The van der Waals surface area contributed by atoms with Gasteiger partial charge in [0.05, 0.1) is 6.61 Å². The Hall–Kier alpha value is -0.670. The monoisotopic (exact) mass is 298 g/mol. The number of rotatable bonds is 5. The Morgan fingerprint density at radius 1 is 1.25 bits per heavy atom. The van der Waals surface area contributed by atoms with Crippen molar-refractivity contribution >= 4 is 7.82 Å². The molecule has 2 atom stereocenters. The molecule has 4 nitrogen and oxygen atoms in total. The molecule has 0 saturated carbocycles. The minimum atomic E-state index is -3.94. The van der Waals surface area contributed by atoms with Gasteiger partial charge in [-0.3, -0.25) is 9.05 Å². The van der Waals surface area contributed by atoms with Crippen molar-refractivity contribution in [1.29, 1.82) is 0 Å². The third-order valence-corrected chi connectivity index (χ3v) is 4.84. The van der Waals surface area contributed by atoms with Crippen molar-refractivity contribution in [2.24, 2.45) is 5.41 Å². The molecule has 20 heavy (non-hydrogen) atoms. The zero-order chi connectivity index (χ0) is 14.6. The maximum Gasteiger partial charge on any atom is 0.472 e. The average molecular weight is 298 g/mol. The van der Waals surface area contributed by atoms with Crippen LogP contribution in [0.5, 0.6) is 0 Å². The molecule has 1 saturated heterocycles. The third kappa shape index (κ3) is 3.32. The van der Waals surface area contributed by atoms with Gasteiger partial charge in [0, 0.05) is 5.41 Å². The first-order valence-electron chi connectivity index (χ1n) is 7.24. The summed E-state index contributed by atoms with van der Waals surface area (Å²) < 4.78 is 22.4. The Bertz CT molecular complexity index is 468. The third-order valence-electron chi connectivity index (χ3n) is 3.91. The molecule has 2 unspecified atom stereocenters. The second-order valence-corrected chi connectivity index (χ2v) is 6.91. The average Bonchev–Trinajstić information content (AvgIpc) is 2.43. The van der Waals surface area contributed by atoms with E-state index in [4.69, 9.17) is 9.05 Å². The van der Waals surface area contributed by atoms with Gasteiger partial charge in [0.15, 0.2) is 0 Å². The molecule has 2 rings (SSSR count). The standard InChI is InChI=1S/C15H23O4P/c1-3-10-15(11-4-2)12-18-20(16,17)19-14(15)13-8-6-5-7-9-13/h5-9,14H,3-4,10-12H2,1-2H3,(H,16,17). The van der Waals surface area contributed by atoms with Gasteiger partial charge >= 0.3 is 7.82 Å². The van der Waals surface area contributed by atoms with Crippen LogP contribution in [-0.4, -0.2) is 11.5 Å². The lowest BCUT2D eigenvalue weighted by Gasteiger charge is -2.44. The smallest absolute Gasteiger partial charge is 0.302 e. The van der Waals surface area contributed by atoms with E-state index in [1.54, 1.807) is 0 Å². The lowest BCUT2D eigenvalue weighted by molar-refractivity contribution is -0.0767. The molecular formula is C15H23O4P. The van der Waals surface area contributed by atoms with Crippen molar-refractivity contribution in [1.82, 2.24) is 0 Å². The Labute approximate surface area is 120 Å². The largest absolute Gasteiger partial charge is 0.472 e. The van der Waals surface area contributed by atoms with Crippen LogP contribution in [0.25, 0.3) is 0 Å². The summed E-state index contributed by atoms with van der Waals surface area (Å²) in [5.74, 6) is 0. The molecule has 0 bridgehead atoms. The van der Waals surface area contributed by atoms with E-state index in [0.717, 1.165) is 31.2 Å². The number of hydrogen-bond donors (Lipinski definition) is 1. The van der Waals surface area contributed by atoms with Gasteiger partial charge in [0.1, 0.15) is 6.10 Å². The normalized spacial score (nSPS) is 29.2. The summed E-state index contributed by atoms with van der Waals surface area (Å²) in [6.45, 7) is 4.52. The van der Waals surface area contributed by atoms with E-state index in [0.29, 0.717) is 0 Å². The molecule has 0 spiro atoms. The van der Waals surface area contributed by atoms with Crippen molar-refractivity contribution in [2.75, 3.05) is 6.61 Å². The number of phosphoric ester groups is 1. The molecule has 0 aliphatic carbocycles. The highest BCUT2D eigenvalue weighted by Crippen LogP contribution is 2.60. The van der Waals surface area contributed by atoms with Crippen LogP contribution in [0, 0.1) is 5.41 Å². The van der Waals surface area contributed by atoms with Gasteiger partial charge in [-0.05, 0) is 18.4 Å². The van der Waals surface area contributed by atoms with E-state index < -0.39 is 7.82 Å². The molecule has 0 aromatic heterocycles. The van der Waals surface area contributed by atoms with Gasteiger partial charge in [-0.15, -0.1) is 0 Å². The zero-order valence-electron chi connectivity index (χ0n) is 12.1. The molecule has 5 heteroatoms. The maximum absolute atomic E-state index is 11.8. The molecule has 0 amide bonds. The summed E-state index contributed by atoms with van der Waals surface area (Å²) in [5, 5.41) is 0. The van der Waals surface area contributed by atoms with E-state index in [9.17, 15) is 9.46 Å². The van der Waals surface area contributed by atoms with E-state index in [-0.39, 0.29) is 18.1 Å². The Morgan fingerprint density at radius 2 is 1.85 bits per heavy atom. The van der Waals surface area contributed by atoms with Gasteiger partial charge in [-0.2, -0.15) is 0 Å². The number of phosphoric acid groups is 1. The highest BCUT2D eigenvalue weighted by Gasteiger charge is 2.48. The second kappa shape index (κ2) is 6.40. The first kappa shape index (κ1) is 15.7. The van der Waals surface area contributed by atoms with E-state index in [1.807, 2.05) is 30.3 Å². The van der Waals surface area contributed by atoms with Crippen LogP contribution in [0.2, 0.25) is 0 Å². The van der Waals surface area contributed by atoms with Crippen molar-refractivity contribution in [3.63, 3.8) is 0 Å². The lowest BCUT2D eigenvalue weighted by Crippen LogP contribution is -2.38. The minimum absolute atomic E-state index is 0.221. The van der Waals surface area contributed by atoms with Crippen molar-refractivity contribution < 1.29 is 18.5 Å². The van der Waals surface area contributed by atoms with Gasteiger partial charge in [-0.1, -0.05) is 57.0 Å². The summed E-state index contributed by atoms with van der Waals surface area (Å²) in [4.78, 5) is 9.69. The number of benzene rings is 1. The van der Waals surface area contributed by atoms with Crippen LogP contribution in [0.3, 0.4) is 0 Å². The minimum Gasteiger partial charge on any atom is -0.302 e. The Balaban J connectivity index is 2.39. The van der Waals surface area contributed by atoms with Crippen LogP contribution in [-0.2, 0) is 13.6 Å². The van der Waals surface area contributed by atoms with Crippen LogP contribution < -0.4 is 0 Å². The predicted octanol–water partition coefficient (Wildman–Crippen LogP) is 4.46. The van der Waals surface area contributed by atoms with Crippen molar-refractivity contribution in [2.45, 2.75) is 45.6 Å². The van der Waals surface area contributed by atoms with E-state index in [1.165, 1.54) is 0 Å². The highest BCUT2D eigenvalue weighted by atomic mass is 31.2. The molecular weight excluding hydrogens is 275 g/mol. The molecule has 1 aliphatic rings. The van der Waals surface area contributed by atoms with Gasteiger partial charge < -0.3 is 4.89 Å². The maximum atomic E-state index is 11.8. The van der Waals surface area contributed by atoms with Crippen LogP contribution in [0.1, 0.15) is 51.2 Å². The summed E-state index contributed by atoms with van der Waals surface area (Å²) in [5.41, 5.74) is 0.730. The van der Waals surface area contributed by atoms with E-state index in [2.05, 4.69) is 13.8 Å². The first-order chi connectivity index (χ1) is 9.53. The summed E-state index contributed by atoms with van der Waals surface area (Å²) in [6, 6.07) is 9.70. The number of hydrogen-bond acceptors (Lipinski definition) is 3. The van der Waals surface area contributed by atoms with Gasteiger partial charge in [0.25, 0.3) is 0 Å². The predicted molar refractivity (Wildman–Crippen MR) is 78.3 cm³/mol. The quantitative estimate of drug-likeness (QED) is 0.815. The lowest BCUT2D eigenvalue weighted by atomic mass is 9.73. The first-order valence-corrected chi connectivity index (χ1v) is 8.73. The molecule has 1 aliphatic heterocycles. The Kier molecular flexibility index (Phi) is 5.03. The molecule has 1 heterocycles. The van der Waals surface area contributed by atoms with Gasteiger partial charge in [-0.25, -0.2) is 4.57 Å². The fourth-order valence-electron chi connectivity index (χ4n) is 3.13. The molecule has 1 aromatic rings. The molecule has 1 aromatic carbocycles. The van der Waals surface area contributed by atoms with Gasteiger partial charge in [0.2, 0.25) is 0 Å². The van der Waals surface area contributed by atoms with E-state index >= 15 is 0 Å². The molecule has 1 fully saturated rings. The SMILES string of the molecule is CCCC1(CCC)COP(=O)(O)OC1c1ccccc1.